The van der Waals surface area contributed by atoms with Crippen molar-refractivity contribution in [1.82, 2.24) is 19.5 Å². The van der Waals surface area contributed by atoms with Gasteiger partial charge in [-0.1, -0.05) is 146 Å². The van der Waals surface area contributed by atoms with Gasteiger partial charge in [0.15, 0.2) is 17.5 Å². The Morgan fingerprint density at radius 1 is 0.339 bits per heavy atom. The Bertz CT molecular complexity index is 3100. The number of fused-ring (bicyclic) bond motifs is 7. The van der Waals surface area contributed by atoms with E-state index in [4.69, 9.17) is 19.4 Å². The first-order chi connectivity index (χ1) is 27.7. The number of benzene rings is 8. The zero-order valence-electron chi connectivity index (χ0n) is 30.2. The fourth-order valence-electron chi connectivity index (χ4n) is 7.93. The lowest BCUT2D eigenvalue weighted by atomic mass is 10.0. The van der Waals surface area contributed by atoms with Gasteiger partial charge in [-0.05, 0) is 70.8 Å². The summed E-state index contributed by atoms with van der Waals surface area (Å²) >= 11 is 0. The summed E-state index contributed by atoms with van der Waals surface area (Å²) in [4.78, 5) is 15.3. The maximum Gasteiger partial charge on any atom is 0.164 e. The molecule has 0 saturated carbocycles. The van der Waals surface area contributed by atoms with Gasteiger partial charge in [-0.2, -0.15) is 0 Å². The van der Waals surface area contributed by atoms with Crippen LogP contribution in [-0.4, -0.2) is 19.5 Å². The number of furan rings is 1. The second-order valence-corrected chi connectivity index (χ2v) is 14.0. The van der Waals surface area contributed by atoms with Crippen LogP contribution in [-0.2, 0) is 0 Å². The molecule has 8 aromatic carbocycles. The van der Waals surface area contributed by atoms with Crippen LogP contribution in [0.5, 0.6) is 0 Å². The lowest BCUT2D eigenvalue weighted by molar-refractivity contribution is 0.673. The van der Waals surface area contributed by atoms with Crippen LogP contribution in [0.15, 0.2) is 199 Å². The molecule has 0 bridgehead atoms. The minimum atomic E-state index is 0.599. The van der Waals surface area contributed by atoms with E-state index in [1.54, 1.807) is 0 Å². The van der Waals surface area contributed by atoms with Crippen molar-refractivity contribution in [2.45, 2.75) is 0 Å². The van der Waals surface area contributed by atoms with Crippen LogP contribution in [0.4, 0.5) is 0 Å². The molecule has 3 aromatic heterocycles. The topological polar surface area (TPSA) is 56.7 Å². The fraction of sp³-hybridized carbons (Fsp3) is 0. The predicted molar refractivity (Wildman–Crippen MR) is 229 cm³/mol. The maximum absolute atomic E-state index is 6.73. The molecule has 0 amide bonds. The third-order valence-corrected chi connectivity index (χ3v) is 10.7. The van der Waals surface area contributed by atoms with Crippen LogP contribution in [0.3, 0.4) is 0 Å². The Labute approximate surface area is 322 Å². The van der Waals surface area contributed by atoms with Gasteiger partial charge in [0.25, 0.3) is 0 Å². The standard InChI is InChI=1S/C51H32N4O/c1-4-12-33(13-5-1)35-20-24-37(25-21-35)49-52-50(38-26-22-36(23-27-38)34-14-6-2-7-15-34)54-51(53-49)39-28-31-46-43(32-39)41-29-30-45-47(48(41)56-46)42-18-10-11-19-44(42)55(45)40-16-8-3-9-17-40/h1-32H. The van der Waals surface area contributed by atoms with Crippen LogP contribution in [0, 0.1) is 0 Å². The van der Waals surface area contributed by atoms with Crippen molar-refractivity contribution in [3.05, 3.63) is 194 Å². The van der Waals surface area contributed by atoms with Gasteiger partial charge in [-0.15, -0.1) is 0 Å². The van der Waals surface area contributed by atoms with E-state index in [2.05, 4.69) is 174 Å². The highest BCUT2D eigenvalue weighted by Crippen LogP contribution is 2.41. The lowest BCUT2D eigenvalue weighted by Gasteiger charge is -2.10. The molecular formula is C51H32N4O. The second kappa shape index (κ2) is 13.0. The summed E-state index contributed by atoms with van der Waals surface area (Å²) in [6.07, 6.45) is 0. The molecule has 0 N–H and O–H groups in total. The molecule has 0 aliphatic carbocycles. The van der Waals surface area contributed by atoms with Gasteiger partial charge in [-0.25, -0.2) is 15.0 Å². The SMILES string of the molecule is c1ccc(-c2ccc(-c3nc(-c4ccc(-c5ccccc5)cc4)nc(-c4ccc5oc6c(ccc7c6c6ccccc6n7-c6ccccc6)c5c4)n3)cc2)cc1. The zero-order valence-corrected chi connectivity index (χ0v) is 30.2. The van der Waals surface area contributed by atoms with E-state index in [0.29, 0.717) is 17.5 Å². The maximum atomic E-state index is 6.73. The van der Waals surface area contributed by atoms with Crippen molar-refractivity contribution in [3.8, 4) is 62.1 Å². The van der Waals surface area contributed by atoms with E-state index in [9.17, 15) is 0 Å². The smallest absolute Gasteiger partial charge is 0.164 e. The van der Waals surface area contributed by atoms with Crippen LogP contribution in [0.1, 0.15) is 0 Å². The molecule has 11 rings (SSSR count). The highest BCUT2D eigenvalue weighted by molar-refractivity contribution is 6.24. The predicted octanol–water partition coefficient (Wildman–Crippen LogP) is 13.2. The average Bonchev–Trinajstić information content (AvgIpc) is 3.83. The summed E-state index contributed by atoms with van der Waals surface area (Å²) in [5, 5.41) is 4.31. The summed E-state index contributed by atoms with van der Waals surface area (Å²) in [6, 6.07) is 67.3. The molecule has 56 heavy (non-hydrogen) atoms. The molecule has 11 aromatic rings. The van der Waals surface area contributed by atoms with Crippen LogP contribution >= 0.6 is 0 Å². The number of para-hydroxylation sites is 2. The van der Waals surface area contributed by atoms with E-state index in [1.807, 2.05) is 24.3 Å². The second-order valence-electron chi connectivity index (χ2n) is 14.0. The normalized spacial score (nSPS) is 11.6. The Morgan fingerprint density at radius 2 is 0.821 bits per heavy atom. The van der Waals surface area contributed by atoms with E-state index in [-0.39, 0.29) is 0 Å². The van der Waals surface area contributed by atoms with Gasteiger partial charge >= 0.3 is 0 Å². The van der Waals surface area contributed by atoms with E-state index >= 15 is 0 Å². The number of rotatable bonds is 6. The highest BCUT2D eigenvalue weighted by atomic mass is 16.3. The van der Waals surface area contributed by atoms with Gasteiger partial charge in [0, 0.05) is 38.5 Å². The summed E-state index contributed by atoms with van der Waals surface area (Å²) in [5.74, 6) is 1.83. The molecule has 5 nitrogen and oxygen atoms in total. The summed E-state index contributed by atoms with van der Waals surface area (Å²) < 4.78 is 9.04. The molecule has 0 saturated heterocycles. The molecule has 0 aliphatic heterocycles. The Kier molecular flexibility index (Phi) is 7.42. The summed E-state index contributed by atoms with van der Waals surface area (Å²) in [5.41, 5.74) is 12.4. The molecule has 5 heteroatoms. The quantitative estimate of drug-likeness (QED) is 0.172. The molecule has 0 aliphatic rings. The van der Waals surface area contributed by atoms with Gasteiger partial charge in [0.05, 0.1) is 16.4 Å². The molecule has 0 radical (unpaired) electrons. The Hall–Kier alpha value is -7.63. The summed E-state index contributed by atoms with van der Waals surface area (Å²) in [7, 11) is 0. The van der Waals surface area contributed by atoms with E-state index in [1.165, 1.54) is 0 Å². The van der Waals surface area contributed by atoms with Gasteiger partial charge in [0.1, 0.15) is 11.2 Å². The third-order valence-electron chi connectivity index (χ3n) is 10.7. The van der Waals surface area contributed by atoms with Gasteiger partial charge in [0.2, 0.25) is 0 Å². The molecule has 0 unspecified atom stereocenters. The average molecular weight is 717 g/mol. The minimum Gasteiger partial charge on any atom is -0.455 e. The van der Waals surface area contributed by atoms with Gasteiger partial charge < -0.3 is 8.98 Å². The van der Waals surface area contributed by atoms with E-state index in [0.717, 1.165) is 88.4 Å². The van der Waals surface area contributed by atoms with Gasteiger partial charge in [-0.3, -0.25) is 0 Å². The number of hydrogen-bond donors (Lipinski definition) is 0. The zero-order chi connectivity index (χ0) is 37.0. The molecule has 0 fully saturated rings. The largest absolute Gasteiger partial charge is 0.455 e. The van der Waals surface area contributed by atoms with Crippen LogP contribution in [0.2, 0.25) is 0 Å². The monoisotopic (exact) mass is 716 g/mol. The van der Waals surface area contributed by atoms with Crippen LogP contribution < -0.4 is 0 Å². The van der Waals surface area contributed by atoms with Crippen molar-refractivity contribution in [3.63, 3.8) is 0 Å². The number of nitrogens with zero attached hydrogens (tertiary/aromatic N) is 4. The third kappa shape index (κ3) is 5.37. The van der Waals surface area contributed by atoms with E-state index < -0.39 is 0 Å². The van der Waals surface area contributed by atoms with Crippen molar-refractivity contribution in [2.24, 2.45) is 0 Å². The number of aromatic nitrogens is 4. The van der Waals surface area contributed by atoms with Crippen molar-refractivity contribution < 1.29 is 4.42 Å². The molecule has 0 atom stereocenters. The number of hydrogen-bond acceptors (Lipinski definition) is 4. The summed E-state index contributed by atoms with van der Waals surface area (Å²) in [6.45, 7) is 0. The lowest BCUT2D eigenvalue weighted by Crippen LogP contribution is -2.00. The first-order valence-electron chi connectivity index (χ1n) is 18.8. The Morgan fingerprint density at radius 3 is 1.43 bits per heavy atom. The van der Waals surface area contributed by atoms with Crippen LogP contribution in [0.25, 0.3) is 106 Å². The molecule has 0 spiro atoms. The molecular weight excluding hydrogens is 685 g/mol. The highest BCUT2D eigenvalue weighted by Gasteiger charge is 2.20. The van der Waals surface area contributed by atoms with Crippen molar-refractivity contribution in [2.75, 3.05) is 0 Å². The molecule has 3 heterocycles. The Balaban J connectivity index is 1.06. The molecule has 262 valence electrons. The van der Waals surface area contributed by atoms with Crippen molar-refractivity contribution in [1.29, 1.82) is 0 Å². The minimum absolute atomic E-state index is 0.599. The fourth-order valence-corrected chi connectivity index (χ4v) is 7.93. The first-order valence-corrected chi connectivity index (χ1v) is 18.8. The first kappa shape index (κ1) is 31.9. The van der Waals surface area contributed by atoms with Crippen molar-refractivity contribution >= 4 is 43.7 Å².